The van der Waals surface area contributed by atoms with Gasteiger partial charge in [-0.15, -0.1) is 0 Å². The maximum atomic E-state index is 11.3. The van der Waals surface area contributed by atoms with Crippen molar-refractivity contribution >= 4 is 5.97 Å². The zero-order valence-corrected chi connectivity index (χ0v) is 11.1. The molecule has 2 nitrogen and oxygen atoms in total. The van der Waals surface area contributed by atoms with Crippen LogP contribution in [0.15, 0.2) is 11.6 Å². The molecule has 0 atom stereocenters. The fourth-order valence-electron chi connectivity index (χ4n) is 1.46. The second kappa shape index (κ2) is 10.7. The third-order valence-electron chi connectivity index (χ3n) is 2.53. The van der Waals surface area contributed by atoms with Crippen LogP contribution in [0.25, 0.3) is 0 Å². The molecule has 0 unspecified atom stereocenters. The van der Waals surface area contributed by atoms with Crippen molar-refractivity contribution in [3.63, 3.8) is 0 Å². The van der Waals surface area contributed by atoms with Crippen LogP contribution < -0.4 is 0 Å². The normalized spacial score (nSPS) is 11.6. The fraction of sp³-hybridized carbons (Fsp3) is 0.786. The number of hydrogen-bond donors (Lipinski definition) is 0. The lowest BCUT2D eigenvalue weighted by atomic mass is 10.1. The molecule has 0 aromatic rings. The van der Waals surface area contributed by atoms with Crippen molar-refractivity contribution in [3.05, 3.63) is 11.6 Å². The molecule has 0 aromatic carbocycles. The summed E-state index contributed by atoms with van der Waals surface area (Å²) in [4.78, 5) is 11.3. The van der Waals surface area contributed by atoms with Gasteiger partial charge in [-0.3, -0.25) is 0 Å². The molecule has 0 saturated carbocycles. The van der Waals surface area contributed by atoms with Crippen LogP contribution >= 0.6 is 0 Å². The highest BCUT2D eigenvalue weighted by atomic mass is 16.5. The van der Waals surface area contributed by atoms with Crippen LogP contribution in [0.2, 0.25) is 0 Å². The summed E-state index contributed by atoms with van der Waals surface area (Å²) in [6.07, 6.45) is 9.65. The Morgan fingerprint density at radius 1 is 1.06 bits per heavy atom. The molecule has 0 spiro atoms. The molecular formula is C14H26O2. The summed E-state index contributed by atoms with van der Waals surface area (Å²) in [7, 11) is 0. The average molecular weight is 226 g/mol. The Labute approximate surface area is 100 Å². The first-order valence-corrected chi connectivity index (χ1v) is 6.54. The topological polar surface area (TPSA) is 26.3 Å². The summed E-state index contributed by atoms with van der Waals surface area (Å²) < 4.78 is 5.07. The van der Waals surface area contributed by atoms with Crippen molar-refractivity contribution in [3.8, 4) is 0 Å². The summed E-state index contributed by atoms with van der Waals surface area (Å²) in [5.74, 6) is -0.179. The van der Waals surface area contributed by atoms with Gasteiger partial charge >= 0.3 is 5.97 Å². The molecular weight excluding hydrogens is 200 g/mol. The van der Waals surface area contributed by atoms with Gasteiger partial charge in [-0.2, -0.15) is 0 Å². The Morgan fingerprint density at radius 3 is 2.38 bits per heavy atom. The van der Waals surface area contributed by atoms with Crippen molar-refractivity contribution in [1.29, 1.82) is 0 Å². The number of ether oxygens (including phenoxy) is 1. The van der Waals surface area contributed by atoms with Gasteiger partial charge in [0.2, 0.25) is 0 Å². The zero-order valence-electron chi connectivity index (χ0n) is 11.1. The minimum absolute atomic E-state index is 0.179. The first kappa shape index (κ1) is 15.2. The fourth-order valence-corrected chi connectivity index (χ4v) is 1.46. The third kappa shape index (κ3) is 9.75. The van der Waals surface area contributed by atoms with Crippen molar-refractivity contribution < 1.29 is 9.53 Å². The van der Waals surface area contributed by atoms with Gasteiger partial charge in [0.05, 0.1) is 6.61 Å². The number of carbonyl (C=O) groups is 1. The quantitative estimate of drug-likeness (QED) is 0.334. The standard InChI is InChI=1S/C14H26O2/c1-4-6-8-9-10-13(3)12-14(15)16-11-7-5-2/h12H,4-11H2,1-3H3/b13-12+. The molecule has 0 aliphatic heterocycles. The highest BCUT2D eigenvalue weighted by molar-refractivity contribution is 5.82. The molecule has 0 aliphatic carbocycles. The Kier molecular flexibility index (Phi) is 10.2. The van der Waals surface area contributed by atoms with Crippen LogP contribution in [-0.2, 0) is 9.53 Å². The van der Waals surface area contributed by atoms with Crippen LogP contribution in [0, 0.1) is 0 Å². The zero-order chi connectivity index (χ0) is 12.2. The SMILES string of the molecule is CCCCCC/C(C)=C/C(=O)OCCCC. The summed E-state index contributed by atoms with van der Waals surface area (Å²) in [5, 5.41) is 0. The van der Waals surface area contributed by atoms with E-state index in [0.717, 1.165) is 24.8 Å². The number of allylic oxidation sites excluding steroid dienone is 1. The smallest absolute Gasteiger partial charge is 0.330 e. The van der Waals surface area contributed by atoms with Gasteiger partial charge in [-0.1, -0.05) is 45.1 Å². The van der Waals surface area contributed by atoms with Crippen molar-refractivity contribution in [2.24, 2.45) is 0 Å². The van der Waals surface area contributed by atoms with E-state index in [-0.39, 0.29) is 5.97 Å². The van der Waals surface area contributed by atoms with E-state index in [2.05, 4.69) is 13.8 Å². The van der Waals surface area contributed by atoms with E-state index in [0.29, 0.717) is 6.61 Å². The summed E-state index contributed by atoms with van der Waals surface area (Å²) >= 11 is 0. The van der Waals surface area contributed by atoms with Gasteiger partial charge in [-0.05, 0) is 26.2 Å². The van der Waals surface area contributed by atoms with Gasteiger partial charge in [0.15, 0.2) is 0 Å². The van der Waals surface area contributed by atoms with Crippen LogP contribution in [-0.4, -0.2) is 12.6 Å². The van der Waals surface area contributed by atoms with E-state index in [1.807, 2.05) is 6.92 Å². The summed E-state index contributed by atoms with van der Waals surface area (Å²) in [5.41, 5.74) is 1.14. The number of esters is 1. The molecule has 94 valence electrons. The van der Waals surface area contributed by atoms with Crippen LogP contribution in [0.4, 0.5) is 0 Å². The van der Waals surface area contributed by atoms with Crippen molar-refractivity contribution in [1.82, 2.24) is 0 Å². The molecule has 0 N–H and O–H groups in total. The average Bonchev–Trinajstić information content (AvgIpc) is 2.25. The second-order valence-electron chi connectivity index (χ2n) is 4.32. The highest BCUT2D eigenvalue weighted by Gasteiger charge is 1.99. The highest BCUT2D eigenvalue weighted by Crippen LogP contribution is 2.09. The number of hydrogen-bond acceptors (Lipinski definition) is 2. The molecule has 0 heterocycles. The lowest BCUT2D eigenvalue weighted by molar-refractivity contribution is -0.137. The van der Waals surface area contributed by atoms with E-state index < -0.39 is 0 Å². The number of rotatable bonds is 9. The largest absolute Gasteiger partial charge is 0.463 e. The van der Waals surface area contributed by atoms with Crippen LogP contribution in [0.1, 0.15) is 65.7 Å². The predicted octanol–water partition coefficient (Wildman–Crippen LogP) is 4.25. The third-order valence-corrected chi connectivity index (χ3v) is 2.53. The first-order chi connectivity index (χ1) is 7.70. The van der Waals surface area contributed by atoms with Gasteiger partial charge in [0.25, 0.3) is 0 Å². The minimum atomic E-state index is -0.179. The molecule has 0 saturated heterocycles. The molecule has 0 fully saturated rings. The first-order valence-electron chi connectivity index (χ1n) is 6.54. The van der Waals surface area contributed by atoms with E-state index in [4.69, 9.17) is 4.74 Å². The maximum Gasteiger partial charge on any atom is 0.330 e. The predicted molar refractivity (Wildman–Crippen MR) is 68.4 cm³/mol. The number of carbonyl (C=O) groups excluding carboxylic acids is 1. The van der Waals surface area contributed by atoms with Crippen LogP contribution in [0.3, 0.4) is 0 Å². The van der Waals surface area contributed by atoms with Gasteiger partial charge < -0.3 is 4.74 Å². The van der Waals surface area contributed by atoms with E-state index in [9.17, 15) is 4.79 Å². The Bertz CT molecular complexity index is 207. The second-order valence-corrected chi connectivity index (χ2v) is 4.32. The van der Waals surface area contributed by atoms with Gasteiger partial charge in [0, 0.05) is 6.08 Å². The minimum Gasteiger partial charge on any atom is -0.463 e. The molecule has 0 amide bonds. The Hall–Kier alpha value is -0.790. The Morgan fingerprint density at radius 2 is 1.75 bits per heavy atom. The van der Waals surface area contributed by atoms with Gasteiger partial charge in [-0.25, -0.2) is 4.79 Å². The molecule has 2 heteroatoms. The molecule has 0 bridgehead atoms. The molecule has 0 rings (SSSR count). The van der Waals surface area contributed by atoms with Crippen molar-refractivity contribution in [2.45, 2.75) is 65.7 Å². The summed E-state index contributed by atoms with van der Waals surface area (Å²) in [6.45, 7) is 6.85. The van der Waals surface area contributed by atoms with Crippen molar-refractivity contribution in [2.75, 3.05) is 6.61 Å². The van der Waals surface area contributed by atoms with E-state index in [1.165, 1.54) is 25.7 Å². The monoisotopic (exact) mass is 226 g/mol. The Balaban J connectivity index is 3.62. The lowest BCUT2D eigenvalue weighted by Gasteiger charge is -2.02. The lowest BCUT2D eigenvalue weighted by Crippen LogP contribution is -2.02. The molecule has 0 radical (unpaired) electrons. The van der Waals surface area contributed by atoms with Crippen LogP contribution in [0.5, 0.6) is 0 Å². The molecule has 16 heavy (non-hydrogen) atoms. The van der Waals surface area contributed by atoms with E-state index in [1.54, 1.807) is 6.08 Å². The number of unbranched alkanes of at least 4 members (excludes halogenated alkanes) is 4. The molecule has 0 aromatic heterocycles. The van der Waals surface area contributed by atoms with Gasteiger partial charge in [0.1, 0.15) is 0 Å². The maximum absolute atomic E-state index is 11.3. The summed E-state index contributed by atoms with van der Waals surface area (Å²) in [6, 6.07) is 0. The van der Waals surface area contributed by atoms with E-state index >= 15 is 0 Å². The molecule has 0 aliphatic rings.